The summed E-state index contributed by atoms with van der Waals surface area (Å²) in [6, 6.07) is 15.5. The first-order valence-electron chi connectivity index (χ1n) is 9.24. The Labute approximate surface area is 164 Å². The SMILES string of the molecule is O=C(O)N1CCC2(CCN(Cc3cccc(Oc4ccc(Cl)cc4)c3)C2)C1. The summed E-state index contributed by atoms with van der Waals surface area (Å²) >= 11 is 5.92. The van der Waals surface area contributed by atoms with E-state index in [1.54, 1.807) is 4.90 Å². The van der Waals surface area contributed by atoms with Gasteiger partial charge in [-0.3, -0.25) is 4.90 Å². The van der Waals surface area contributed by atoms with Crippen LogP contribution >= 0.6 is 11.6 Å². The molecule has 5 nitrogen and oxygen atoms in total. The van der Waals surface area contributed by atoms with Crippen LogP contribution in [0.4, 0.5) is 4.79 Å². The Hall–Kier alpha value is -2.24. The summed E-state index contributed by atoms with van der Waals surface area (Å²) in [7, 11) is 0. The van der Waals surface area contributed by atoms with E-state index in [2.05, 4.69) is 17.0 Å². The fraction of sp³-hybridized carbons (Fsp3) is 0.381. The normalized spacial score (nSPS) is 22.5. The second kappa shape index (κ2) is 7.41. The summed E-state index contributed by atoms with van der Waals surface area (Å²) in [5, 5.41) is 9.90. The van der Waals surface area contributed by atoms with E-state index in [1.165, 1.54) is 5.56 Å². The van der Waals surface area contributed by atoms with Crippen LogP contribution in [0.25, 0.3) is 0 Å². The van der Waals surface area contributed by atoms with Crippen molar-refractivity contribution in [2.45, 2.75) is 19.4 Å². The fourth-order valence-corrected chi connectivity index (χ4v) is 4.32. The molecule has 0 saturated carbocycles. The zero-order valence-electron chi connectivity index (χ0n) is 15.1. The molecule has 6 heteroatoms. The molecule has 1 spiro atoms. The third-order valence-electron chi connectivity index (χ3n) is 5.58. The minimum Gasteiger partial charge on any atom is -0.465 e. The van der Waals surface area contributed by atoms with E-state index in [-0.39, 0.29) is 5.41 Å². The number of hydrogen-bond donors (Lipinski definition) is 1. The van der Waals surface area contributed by atoms with E-state index in [0.29, 0.717) is 18.1 Å². The molecule has 4 rings (SSSR count). The fourth-order valence-electron chi connectivity index (χ4n) is 4.20. The highest BCUT2D eigenvalue weighted by Crippen LogP contribution is 2.40. The number of amides is 1. The van der Waals surface area contributed by atoms with Crippen molar-refractivity contribution in [3.05, 3.63) is 59.1 Å². The predicted octanol–water partition coefficient (Wildman–Crippen LogP) is 4.71. The molecule has 1 unspecified atom stereocenters. The maximum absolute atomic E-state index is 11.2. The minimum absolute atomic E-state index is 0.135. The lowest BCUT2D eigenvalue weighted by molar-refractivity contribution is 0.148. The monoisotopic (exact) mass is 386 g/mol. The summed E-state index contributed by atoms with van der Waals surface area (Å²) in [6.07, 6.45) is 1.24. The average molecular weight is 387 g/mol. The second-order valence-corrected chi connectivity index (χ2v) is 8.05. The van der Waals surface area contributed by atoms with E-state index in [1.807, 2.05) is 36.4 Å². The van der Waals surface area contributed by atoms with Crippen LogP contribution in [0.1, 0.15) is 18.4 Å². The number of nitrogens with zero attached hydrogens (tertiary/aromatic N) is 2. The lowest BCUT2D eigenvalue weighted by Gasteiger charge is -2.24. The largest absolute Gasteiger partial charge is 0.465 e. The molecule has 2 aromatic rings. The predicted molar refractivity (Wildman–Crippen MR) is 105 cm³/mol. The highest BCUT2D eigenvalue weighted by atomic mass is 35.5. The topological polar surface area (TPSA) is 53.0 Å². The number of ether oxygens (including phenoxy) is 1. The van der Waals surface area contributed by atoms with Crippen LogP contribution in [0.15, 0.2) is 48.5 Å². The molecule has 0 radical (unpaired) electrons. The molecule has 1 atom stereocenters. The Morgan fingerprint density at radius 3 is 2.59 bits per heavy atom. The smallest absolute Gasteiger partial charge is 0.407 e. The molecule has 2 aromatic carbocycles. The van der Waals surface area contributed by atoms with Crippen molar-refractivity contribution >= 4 is 17.7 Å². The highest BCUT2D eigenvalue weighted by Gasteiger charge is 2.44. The first-order chi connectivity index (χ1) is 13.0. The molecule has 0 aliphatic carbocycles. The van der Waals surface area contributed by atoms with Crippen LogP contribution < -0.4 is 4.74 Å². The second-order valence-electron chi connectivity index (χ2n) is 7.62. The lowest BCUT2D eigenvalue weighted by Crippen LogP contribution is -2.33. The van der Waals surface area contributed by atoms with Crippen molar-refractivity contribution < 1.29 is 14.6 Å². The van der Waals surface area contributed by atoms with Gasteiger partial charge in [0, 0.05) is 36.6 Å². The molecule has 0 aromatic heterocycles. The van der Waals surface area contributed by atoms with Crippen LogP contribution in [0.5, 0.6) is 11.5 Å². The van der Waals surface area contributed by atoms with Gasteiger partial charge in [0.05, 0.1) is 0 Å². The van der Waals surface area contributed by atoms with Gasteiger partial charge in [-0.05, 0) is 61.3 Å². The van der Waals surface area contributed by atoms with Crippen molar-refractivity contribution in [3.63, 3.8) is 0 Å². The molecule has 2 fully saturated rings. The zero-order valence-corrected chi connectivity index (χ0v) is 15.9. The molecule has 142 valence electrons. The van der Waals surface area contributed by atoms with E-state index < -0.39 is 6.09 Å². The van der Waals surface area contributed by atoms with E-state index >= 15 is 0 Å². The van der Waals surface area contributed by atoms with Gasteiger partial charge < -0.3 is 14.7 Å². The highest BCUT2D eigenvalue weighted by molar-refractivity contribution is 6.30. The van der Waals surface area contributed by atoms with Gasteiger partial charge in [-0.2, -0.15) is 0 Å². The van der Waals surface area contributed by atoms with Crippen molar-refractivity contribution in [2.75, 3.05) is 26.2 Å². The van der Waals surface area contributed by atoms with Crippen LogP contribution in [-0.2, 0) is 6.54 Å². The zero-order chi connectivity index (χ0) is 18.9. The van der Waals surface area contributed by atoms with Crippen molar-refractivity contribution in [1.29, 1.82) is 0 Å². The molecule has 27 heavy (non-hydrogen) atoms. The Bertz CT molecular complexity index is 826. The van der Waals surface area contributed by atoms with Gasteiger partial charge in [0.2, 0.25) is 0 Å². The number of halogens is 1. The third-order valence-corrected chi connectivity index (χ3v) is 5.83. The van der Waals surface area contributed by atoms with Gasteiger partial charge in [-0.1, -0.05) is 23.7 Å². The van der Waals surface area contributed by atoms with Gasteiger partial charge in [-0.25, -0.2) is 4.79 Å². The molecule has 1 N–H and O–H groups in total. The number of rotatable bonds is 4. The molecule has 2 aliphatic heterocycles. The van der Waals surface area contributed by atoms with Crippen LogP contribution in [0.2, 0.25) is 5.02 Å². The molecule has 0 bridgehead atoms. The Morgan fingerprint density at radius 2 is 1.85 bits per heavy atom. The number of benzene rings is 2. The standard InChI is InChI=1S/C21H23ClN2O3/c22-17-4-6-18(7-5-17)27-19-3-1-2-16(12-19)13-23-10-8-21(14-23)9-11-24(15-21)20(25)26/h1-7,12H,8-11,13-15H2,(H,25,26). The van der Waals surface area contributed by atoms with Gasteiger partial charge in [0.1, 0.15) is 11.5 Å². The van der Waals surface area contributed by atoms with Gasteiger partial charge in [-0.15, -0.1) is 0 Å². The number of carboxylic acid groups (broad SMARTS) is 1. The quantitative estimate of drug-likeness (QED) is 0.826. The molecule has 2 heterocycles. The Balaban J connectivity index is 1.38. The van der Waals surface area contributed by atoms with Crippen molar-refractivity contribution in [3.8, 4) is 11.5 Å². The maximum atomic E-state index is 11.2. The number of likely N-dealkylation sites (tertiary alicyclic amines) is 2. The third kappa shape index (κ3) is 4.20. The summed E-state index contributed by atoms with van der Waals surface area (Å²) < 4.78 is 5.92. The molecule has 1 amide bonds. The summed E-state index contributed by atoms with van der Waals surface area (Å²) in [4.78, 5) is 15.2. The molecule has 2 saturated heterocycles. The van der Waals surface area contributed by atoms with Gasteiger partial charge in [0.15, 0.2) is 0 Å². The Kier molecular flexibility index (Phi) is 4.98. The maximum Gasteiger partial charge on any atom is 0.407 e. The average Bonchev–Trinajstić information content (AvgIpc) is 3.24. The van der Waals surface area contributed by atoms with E-state index in [9.17, 15) is 9.90 Å². The molecular formula is C21H23ClN2O3. The molecular weight excluding hydrogens is 364 g/mol. The van der Waals surface area contributed by atoms with E-state index in [4.69, 9.17) is 16.3 Å². The first-order valence-corrected chi connectivity index (χ1v) is 9.62. The van der Waals surface area contributed by atoms with Crippen LogP contribution in [0, 0.1) is 5.41 Å². The van der Waals surface area contributed by atoms with Crippen molar-refractivity contribution in [1.82, 2.24) is 9.80 Å². The van der Waals surface area contributed by atoms with Crippen molar-refractivity contribution in [2.24, 2.45) is 5.41 Å². The minimum atomic E-state index is -0.794. The Morgan fingerprint density at radius 1 is 1.07 bits per heavy atom. The van der Waals surface area contributed by atoms with Crippen LogP contribution in [-0.4, -0.2) is 47.2 Å². The number of hydrogen-bond acceptors (Lipinski definition) is 3. The lowest BCUT2D eigenvalue weighted by atomic mass is 9.86. The molecule has 2 aliphatic rings. The summed E-state index contributed by atoms with van der Waals surface area (Å²) in [5.41, 5.74) is 1.34. The first kappa shape index (κ1) is 18.1. The van der Waals surface area contributed by atoms with E-state index in [0.717, 1.165) is 44.0 Å². The summed E-state index contributed by atoms with van der Waals surface area (Å²) in [5.74, 6) is 1.57. The number of carbonyl (C=O) groups is 1. The van der Waals surface area contributed by atoms with Gasteiger partial charge >= 0.3 is 6.09 Å². The van der Waals surface area contributed by atoms with Crippen LogP contribution in [0.3, 0.4) is 0 Å². The summed E-state index contributed by atoms with van der Waals surface area (Å²) in [6.45, 7) is 4.15. The van der Waals surface area contributed by atoms with Gasteiger partial charge in [0.25, 0.3) is 0 Å².